The Bertz CT molecular complexity index is 553. The topological polar surface area (TPSA) is 54.9 Å². The van der Waals surface area contributed by atoms with Crippen LogP contribution in [0, 0.1) is 0 Å². The predicted molar refractivity (Wildman–Crippen MR) is 78.5 cm³/mol. The quantitative estimate of drug-likeness (QED) is 0.907. The molecule has 0 bridgehead atoms. The molecule has 1 aromatic heterocycles. The Kier molecular flexibility index (Phi) is 4.87. The highest BCUT2D eigenvalue weighted by atomic mass is 35.5. The van der Waals surface area contributed by atoms with E-state index in [1.165, 1.54) is 11.3 Å². The van der Waals surface area contributed by atoms with Gasteiger partial charge in [-0.15, -0.1) is 10.2 Å². The van der Waals surface area contributed by atoms with Crippen molar-refractivity contribution in [2.45, 2.75) is 26.2 Å². The first-order chi connectivity index (χ1) is 9.19. The Labute approximate surface area is 120 Å². The lowest BCUT2D eigenvalue weighted by molar-refractivity contribution is -0.116. The van der Waals surface area contributed by atoms with Gasteiger partial charge in [0.2, 0.25) is 11.0 Å². The van der Waals surface area contributed by atoms with Crippen LogP contribution in [0.15, 0.2) is 24.3 Å². The summed E-state index contributed by atoms with van der Waals surface area (Å²) >= 11 is 7.19. The van der Waals surface area contributed by atoms with Crippen LogP contribution in [0.5, 0.6) is 0 Å². The van der Waals surface area contributed by atoms with E-state index < -0.39 is 0 Å². The Balaban J connectivity index is 2.02. The van der Waals surface area contributed by atoms with Gasteiger partial charge in [-0.1, -0.05) is 48.4 Å². The van der Waals surface area contributed by atoms with Crippen LogP contribution in [0.25, 0.3) is 10.6 Å². The van der Waals surface area contributed by atoms with Crippen LogP contribution in [0.3, 0.4) is 0 Å². The van der Waals surface area contributed by atoms with Crippen LogP contribution in [-0.4, -0.2) is 16.1 Å². The number of hydrogen-bond donors (Lipinski definition) is 1. The number of unbranched alkanes of at least 4 members (excludes halogenated alkanes) is 1. The molecule has 0 unspecified atom stereocenters. The third-order valence-corrected chi connectivity index (χ3v) is 3.66. The second-order valence-corrected chi connectivity index (χ2v) is 5.48. The Hall–Kier alpha value is -1.46. The highest BCUT2D eigenvalue weighted by Gasteiger charge is 2.09. The highest BCUT2D eigenvalue weighted by Crippen LogP contribution is 2.27. The van der Waals surface area contributed by atoms with Gasteiger partial charge in [0.15, 0.2) is 0 Å². The molecule has 0 saturated carbocycles. The fourth-order valence-corrected chi connectivity index (χ4v) is 2.39. The summed E-state index contributed by atoms with van der Waals surface area (Å²) in [4.78, 5) is 11.6. The van der Waals surface area contributed by atoms with Crippen molar-refractivity contribution in [3.05, 3.63) is 29.3 Å². The number of aromatic nitrogens is 2. The highest BCUT2D eigenvalue weighted by molar-refractivity contribution is 7.18. The number of halogens is 1. The second kappa shape index (κ2) is 6.63. The fraction of sp³-hybridized carbons (Fsp3) is 0.308. The Morgan fingerprint density at radius 2 is 2.05 bits per heavy atom. The molecule has 0 radical (unpaired) electrons. The van der Waals surface area contributed by atoms with Crippen LogP contribution in [0.4, 0.5) is 5.13 Å². The SMILES string of the molecule is CCCCC(=O)Nc1nnc(-c2ccc(Cl)cc2)s1. The molecule has 0 spiro atoms. The van der Waals surface area contributed by atoms with Crippen molar-refractivity contribution in [2.75, 3.05) is 5.32 Å². The number of hydrogen-bond acceptors (Lipinski definition) is 4. The molecule has 1 heterocycles. The molecule has 4 nitrogen and oxygen atoms in total. The van der Waals surface area contributed by atoms with E-state index in [0.717, 1.165) is 23.4 Å². The smallest absolute Gasteiger partial charge is 0.226 e. The summed E-state index contributed by atoms with van der Waals surface area (Å²) in [7, 11) is 0. The molecule has 19 heavy (non-hydrogen) atoms. The molecule has 2 rings (SSSR count). The zero-order valence-corrected chi connectivity index (χ0v) is 12.1. The molecule has 1 aromatic carbocycles. The monoisotopic (exact) mass is 295 g/mol. The van der Waals surface area contributed by atoms with E-state index in [4.69, 9.17) is 11.6 Å². The van der Waals surface area contributed by atoms with Gasteiger partial charge < -0.3 is 5.32 Å². The number of amides is 1. The summed E-state index contributed by atoms with van der Waals surface area (Å²) in [6, 6.07) is 7.37. The van der Waals surface area contributed by atoms with E-state index in [9.17, 15) is 4.79 Å². The normalized spacial score (nSPS) is 10.4. The maximum absolute atomic E-state index is 11.6. The molecular formula is C13H14ClN3OS. The number of nitrogens with zero attached hydrogens (tertiary/aromatic N) is 2. The van der Waals surface area contributed by atoms with Gasteiger partial charge in [-0.05, 0) is 18.6 Å². The Morgan fingerprint density at radius 1 is 1.32 bits per heavy atom. The van der Waals surface area contributed by atoms with Crippen molar-refractivity contribution in [3.63, 3.8) is 0 Å². The molecule has 0 aliphatic carbocycles. The molecule has 2 aromatic rings. The molecule has 0 saturated heterocycles. The summed E-state index contributed by atoms with van der Waals surface area (Å²) in [6.07, 6.45) is 2.40. The molecule has 1 N–H and O–H groups in total. The number of carbonyl (C=O) groups is 1. The molecule has 0 aliphatic heterocycles. The van der Waals surface area contributed by atoms with Gasteiger partial charge in [0.1, 0.15) is 5.01 Å². The van der Waals surface area contributed by atoms with Crippen LogP contribution < -0.4 is 5.32 Å². The average molecular weight is 296 g/mol. The van der Waals surface area contributed by atoms with E-state index in [-0.39, 0.29) is 5.91 Å². The van der Waals surface area contributed by atoms with Gasteiger partial charge in [0, 0.05) is 17.0 Å². The van der Waals surface area contributed by atoms with E-state index >= 15 is 0 Å². The van der Waals surface area contributed by atoms with Crippen molar-refractivity contribution in [3.8, 4) is 10.6 Å². The van der Waals surface area contributed by atoms with Crippen LogP contribution in [0.2, 0.25) is 5.02 Å². The van der Waals surface area contributed by atoms with Crippen molar-refractivity contribution in [1.29, 1.82) is 0 Å². The summed E-state index contributed by atoms with van der Waals surface area (Å²) in [5.74, 6) is -0.0133. The maximum atomic E-state index is 11.6. The van der Waals surface area contributed by atoms with Crippen molar-refractivity contribution in [2.24, 2.45) is 0 Å². The van der Waals surface area contributed by atoms with Crippen LogP contribution in [-0.2, 0) is 4.79 Å². The van der Waals surface area contributed by atoms with Gasteiger partial charge >= 0.3 is 0 Å². The zero-order chi connectivity index (χ0) is 13.7. The number of anilines is 1. The lowest BCUT2D eigenvalue weighted by Gasteiger charge is -1.98. The predicted octanol–water partition coefficient (Wildman–Crippen LogP) is 3.99. The van der Waals surface area contributed by atoms with Gasteiger partial charge in [-0.25, -0.2) is 0 Å². The lowest BCUT2D eigenvalue weighted by Crippen LogP contribution is -2.10. The van der Waals surface area contributed by atoms with Gasteiger partial charge in [-0.2, -0.15) is 0 Å². The number of nitrogens with one attached hydrogen (secondary N) is 1. The lowest BCUT2D eigenvalue weighted by atomic mass is 10.2. The first kappa shape index (κ1) is 14.0. The summed E-state index contributed by atoms with van der Waals surface area (Å²) in [5.41, 5.74) is 0.941. The first-order valence-corrected chi connectivity index (χ1v) is 7.28. The largest absolute Gasteiger partial charge is 0.301 e. The standard InChI is InChI=1S/C13H14ClN3OS/c1-2-3-4-11(18)15-13-17-16-12(19-13)9-5-7-10(14)8-6-9/h5-8H,2-4H2,1H3,(H,15,17,18). The molecule has 6 heteroatoms. The third-order valence-electron chi connectivity index (χ3n) is 2.52. The molecule has 0 aliphatic rings. The zero-order valence-electron chi connectivity index (χ0n) is 10.5. The summed E-state index contributed by atoms with van der Waals surface area (Å²) in [5, 5.41) is 12.8. The number of rotatable bonds is 5. The fourth-order valence-electron chi connectivity index (χ4n) is 1.50. The van der Waals surface area contributed by atoms with E-state index in [0.29, 0.717) is 16.6 Å². The molecule has 0 fully saturated rings. The van der Waals surface area contributed by atoms with Crippen molar-refractivity contribution < 1.29 is 4.79 Å². The van der Waals surface area contributed by atoms with Crippen molar-refractivity contribution >= 4 is 34.0 Å². The Morgan fingerprint density at radius 3 is 2.74 bits per heavy atom. The third kappa shape index (κ3) is 4.01. The van der Waals surface area contributed by atoms with Gasteiger partial charge in [0.05, 0.1) is 0 Å². The number of carbonyl (C=O) groups excluding carboxylic acids is 1. The average Bonchev–Trinajstić information content (AvgIpc) is 2.85. The first-order valence-electron chi connectivity index (χ1n) is 6.08. The number of benzene rings is 1. The molecule has 100 valence electrons. The van der Waals surface area contributed by atoms with Crippen LogP contribution >= 0.6 is 22.9 Å². The van der Waals surface area contributed by atoms with E-state index in [1.54, 1.807) is 12.1 Å². The minimum atomic E-state index is -0.0133. The maximum Gasteiger partial charge on any atom is 0.226 e. The van der Waals surface area contributed by atoms with Gasteiger partial charge in [0.25, 0.3) is 0 Å². The minimum Gasteiger partial charge on any atom is -0.301 e. The molecular weight excluding hydrogens is 282 g/mol. The minimum absolute atomic E-state index is 0.0133. The second-order valence-electron chi connectivity index (χ2n) is 4.07. The van der Waals surface area contributed by atoms with E-state index in [2.05, 4.69) is 22.4 Å². The summed E-state index contributed by atoms with van der Waals surface area (Å²) in [6.45, 7) is 2.05. The summed E-state index contributed by atoms with van der Waals surface area (Å²) < 4.78 is 0. The molecule has 1 amide bonds. The van der Waals surface area contributed by atoms with Gasteiger partial charge in [-0.3, -0.25) is 4.79 Å². The van der Waals surface area contributed by atoms with E-state index in [1.807, 2.05) is 12.1 Å². The van der Waals surface area contributed by atoms with Crippen molar-refractivity contribution in [1.82, 2.24) is 10.2 Å². The van der Waals surface area contributed by atoms with Crippen LogP contribution in [0.1, 0.15) is 26.2 Å². The molecule has 0 atom stereocenters.